The molecule has 0 aliphatic heterocycles. The van der Waals surface area contributed by atoms with E-state index in [4.69, 9.17) is 4.74 Å². The molecule has 1 amide bonds. The second kappa shape index (κ2) is 11.7. The highest BCUT2D eigenvalue weighted by molar-refractivity contribution is 7.92. The Kier molecular flexibility index (Phi) is 8.65. The number of halogens is 1. The quantitative estimate of drug-likeness (QED) is 0.440. The molecule has 0 spiro atoms. The third-order valence-electron chi connectivity index (χ3n) is 5.28. The van der Waals surface area contributed by atoms with E-state index in [1.165, 1.54) is 11.6 Å². The molecule has 1 atom stereocenters. The van der Waals surface area contributed by atoms with E-state index in [0.29, 0.717) is 11.4 Å². The number of ether oxygens (including phenoxy) is 1. The summed E-state index contributed by atoms with van der Waals surface area (Å²) in [5, 5.41) is 2.92. The van der Waals surface area contributed by atoms with Crippen LogP contribution in [0.5, 0.6) is 5.75 Å². The molecule has 8 heteroatoms. The third-order valence-corrected chi connectivity index (χ3v) is 6.42. The average Bonchev–Trinajstić information content (AvgIpc) is 2.81. The van der Waals surface area contributed by atoms with Gasteiger partial charge in [0.05, 0.1) is 18.5 Å². The van der Waals surface area contributed by atoms with E-state index in [1.807, 2.05) is 25.1 Å². The van der Waals surface area contributed by atoms with Gasteiger partial charge in [-0.15, -0.1) is 0 Å². The van der Waals surface area contributed by atoms with Crippen molar-refractivity contribution in [2.45, 2.75) is 32.4 Å². The zero-order chi connectivity index (χ0) is 24.6. The molecule has 0 saturated heterocycles. The van der Waals surface area contributed by atoms with Crippen molar-refractivity contribution in [1.82, 2.24) is 5.32 Å². The lowest BCUT2D eigenvalue weighted by atomic mass is 10.1. The second-order valence-electron chi connectivity index (χ2n) is 8.14. The number of carbonyl (C=O) groups excluding carboxylic acids is 1. The molecule has 6 nitrogen and oxygen atoms in total. The van der Waals surface area contributed by atoms with Crippen molar-refractivity contribution in [2.75, 3.05) is 17.2 Å². The van der Waals surface area contributed by atoms with E-state index in [2.05, 4.69) is 17.4 Å². The van der Waals surface area contributed by atoms with Gasteiger partial charge in [-0.1, -0.05) is 48.5 Å². The molecule has 0 bridgehead atoms. The van der Waals surface area contributed by atoms with Crippen molar-refractivity contribution in [2.24, 2.45) is 0 Å². The van der Waals surface area contributed by atoms with Gasteiger partial charge in [0.15, 0.2) is 6.61 Å². The second-order valence-corrected chi connectivity index (χ2v) is 10.0. The molecule has 0 fully saturated rings. The largest absolute Gasteiger partial charge is 0.484 e. The standard InChI is InChI=1S/C26H29FN2O4S/c1-20(12-13-21-8-4-3-5-9-21)28-26(30)19-33-24-16-14-23(15-17-24)29(34(2,31)32)18-22-10-6-7-11-25(22)27/h3-11,14-17,20H,12-13,18-19H2,1-2H3,(H,28,30)/t20-/m0/s1. The first kappa shape index (κ1) is 25.2. The predicted octanol–water partition coefficient (Wildman–Crippen LogP) is 4.31. The van der Waals surface area contributed by atoms with Crippen LogP contribution in [0.1, 0.15) is 24.5 Å². The van der Waals surface area contributed by atoms with Gasteiger partial charge in [0, 0.05) is 11.6 Å². The van der Waals surface area contributed by atoms with Crippen LogP contribution in [0.2, 0.25) is 0 Å². The molecule has 180 valence electrons. The number of hydrogen-bond acceptors (Lipinski definition) is 4. The molecule has 0 saturated carbocycles. The van der Waals surface area contributed by atoms with Gasteiger partial charge in [-0.25, -0.2) is 12.8 Å². The Labute approximate surface area is 200 Å². The molecular weight excluding hydrogens is 455 g/mol. The molecule has 0 aliphatic rings. The maximum absolute atomic E-state index is 14.0. The minimum atomic E-state index is -3.65. The maximum Gasteiger partial charge on any atom is 0.258 e. The number of carbonyl (C=O) groups is 1. The Morgan fingerprint density at radius 1 is 1.00 bits per heavy atom. The van der Waals surface area contributed by atoms with E-state index < -0.39 is 15.8 Å². The summed E-state index contributed by atoms with van der Waals surface area (Å²) in [5.41, 5.74) is 1.86. The predicted molar refractivity (Wildman–Crippen MR) is 132 cm³/mol. The normalized spacial score (nSPS) is 12.1. The molecule has 0 aromatic heterocycles. The van der Waals surface area contributed by atoms with Gasteiger partial charge in [-0.2, -0.15) is 0 Å². The first-order valence-electron chi connectivity index (χ1n) is 11.0. The van der Waals surface area contributed by atoms with E-state index in [0.717, 1.165) is 23.4 Å². The minimum Gasteiger partial charge on any atom is -0.484 e. The van der Waals surface area contributed by atoms with Gasteiger partial charge in [0.2, 0.25) is 10.0 Å². The van der Waals surface area contributed by atoms with Crippen molar-refractivity contribution in [3.63, 3.8) is 0 Å². The van der Waals surface area contributed by atoms with Crippen LogP contribution in [0.3, 0.4) is 0 Å². The van der Waals surface area contributed by atoms with Crippen LogP contribution in [-0.2, 0) is 27.8 Å². The number of nitrogens with one attached hydrogen (secondary N) is 1. The molecule has 34 heavy (non-hydrogen) atoms. The number of nitrogens with zero attached hydrogens (tertiary/aromatic N) is 1. The Bertz CT molecular complexity index is 1180. The Balaban J connectivity index is 1.53. The van der Waals surface area contributed by atoms with Crippen LogP contribution in [-0.4, -0.2) is 33.2 Å². The highest BCUT2D eigenvalue weighted by Crippen LogP contribution is 2.24. The van der Waals surface area contributed by atoms with Gasteiger partial charge < -0.3 is 10.1 Å². The van der Waals surface area contributed by atoms with E-state index in [9.17, 15) is 17.6 Å². The van der Waals surface area contributed by atoms with Gasteiger partial charge >= 0.3 is 0 Å². The first-order chi connectivity index (χ1) is 16.2. The topological polar surface area (TPSA) is 75.7 Å². The van der Waals surface area contributed by atoms with Crippen LogP contribution < -0.4 is 14.4 Å². The van der Waals surface area contributed by atoms with Gasteiger partial charge in [-0.3, -0.25) is 9.10 Å². The summed E-state index contributed by atoms with van der Waals surface area (Å²) in [7, 11) is -3.65. The van der Waals surface area contributed by atoms with E-state index in [1.54, 1.807) is 42.5 Å². The van der Waals surface area contributed by atoms with E-state index >= 15 is 0 Å². The summed E-state index contributed by atoms with van der Waals surface area (Å²) in [4.78, 5) is 12.2. The molecule has 1 N–H and O–H groups in total. The summed E-state index contributed by atoms with van der Waals surface area (Å²) in [6.45, 7) is 1.67. The highest BCUT2D eigenvalue weighted by atomic mass is 32.2. The monoisotopic (exact) mass is 484 g/mol. The number of aryl methyl sites for hydroxylation is 1. The van der Waals surface area contributed by atoms with Crippen molar-refractivity contribution in [3.8, 4) is 5.75 Å². The zero-order valence-corrected chi connectivity index (χ0v) is 20.1. The van der Waals surface area contributed by atoms with Crippen LogP contribution >= 0.6 is 0 Å². The average molecular weight is 485 g/mol. The Morgan fingerprint density at radius 3 is 2.29 bits per heavy atom. The van der Waals surface area contributed by atoms with Gasteiger partial charge in [0.1, 0.15) is 11.6 Å². The summed E-state index contributed by atoms with van der Waals surface area (Å²) in [5.74, 6) is -0.280. The molecule has 0 radical (unpaired) electrons. The molecule has 0 aliphatic carbocycles. The number of hydrogen-bond donors (Lipinski definition) is 1. The van der Waals surface area contributed by atoms with Crippen LogP contribution in [0.4, 0.5) is 10.1 Å². The molecule has 3 aromatic carbocycles. The molecule has 0 unspecified atom stereocenters. The lowest BCUT2D eigenvalue weighted by Crippen LogP contribution is -2.36. The summed E-state index contributed by atoms with van der Waals surface area (Å²) < 4.78 is 45.3. The number of benzene rings is 3. The number of sulfonamides is 1. The SMILES string of the molecule is C[C@@H](CCc1ccccc1)NC(=O)COc1ccc(N(Cc2ccccc2F)S(C)(=O)=O)cc1. The lowest BCUT2D eigenvalue weighted by molar-refractivity contribution is -0.123. The molecule has 0 heterocycles. The summed E-state index contributed by atoms with van der Waals surface area (Å²) in [6.07, 6.45) is 2.75. The Morgan fingerprint density at radius 2 is 1.65 bits per heavy atom. The van der Waals surface area contributed by atoms with Gasteiger partial charge in [-0.05, 0) is 55.7 Å². The fourth-order valence-corrected chi connectivity index (χ4v) is 4.33. The molecule has 3 rings (SSSR count). The highest BCUT2D eigenvalue weighted by Gasteiger charge is 2.19. The van der Waals surface area contributed by atoms with Crippen molar-refractivity contribution in [1.29, 1.82) is 0 Å². The first-order valence-corrected chi connectivity index (χ1v) is 12.8. The number of rotatable bonds is 11. The fourth-order valence-electron chi connectivity index (χ4n) is 3.46. The summed E-state index contributed by atoms with van der Waals surface area (Å²) in [6, 6.07) is 22.4. The number of anilines is 1. The minimum absolute atomic E-state index is 0.000355. The molecular formula is C26H29FN2O4S. The fraction of sp³-hybridized carbons (Fsp3) is 0.269. The maximum atomic E-state index is 14.0. The third kappa shape index (κ3) is 7.59. The zero-order valence-electron chi connectivity index (χ0n) is 19.3. The van der Waals surface area contributed by atoms with Crippen molar-refractivity contribution >= 4 is 21.6 Å². The van der Waals surface area contributed by atoms with Crippen LogP contribution in [0.15, 0.2) is 78.9 Å². The lowest BCUT2D eigenvalue weighted by Gasteiger charge is -2.23. The smallest absolute Gasteiger partial charge is 0.258 e. The number of amides is 1. The van der Waals surface area contributed by atoms with Crippen molar-refractivity contribution < 1.29 is 22.3 Å². The van der Waals surface area contributed by atoms with Crippen molar-refractivity contribution in [3.05, 3.63) is 95.8 Å². The van der Waals surface area contributed by atoms with Crippen LogP contribution in [0, 0.1) is 5.82 Å². The summed E-state index contributed by atoms with van der Waals surface area (Å²) >= 11 is 0. The molecule has 3 aromatic rings. The van der Waals surface area contributed by atoms with E-state index in [-0.39, 0.29) is 30.7 Å². The van der Waals surface area contributed by atoms with Gasteiger partial charge in [0.25, 0.3) is 5.91 Å². The van der Waals surface area contributed by atoms with Crippen LogP contribution in [0.25, 0.3) is 0 Å². The Hall–Kier alpha value is -3.39.